The maximum atomic E-state index is 6.82. The molecule has 5 rings (SSSR count). The third-order valence-corrected chi connectivity index (χ3v) is 5.52. The van der Waals surface area contributed by atoms with Gasteiger partial charge in [-0.1, -0.05) is 97.1 Å². The van der Waals surface area contributed by atoms with Crippen LogP contribution >= 0.6 is 0 Å². The summed E-state index contributed by atoms with van der Waals surface area (Å²) in [6.07, 6.45) is 0. The van der Waals surface area contributed by atoms with E-state index in [2.05, 4.69) is 53.5 Å². The maximum Gasteiger partial charge on any atom is 0.237 e. The molecule has 1 atom stereocenters. The third-order valence-electron chi connectivity index (χ3n) is 5.52. The molecule has 1 aliphatic rings. The smallest absolute Gasteiger partial charge is 0.237 e. The third kappa shape index (κ3) is 3.09. The number of rotatable bonds is 4. The molecule has 0 radical (unpaired) electrons. The lowest BCUT2D eigenvalue weighted by Gasteiger charge is -2.35. The molecule has 0 spiro atoms. The van der Waals surface area contributed by atoms with Gasteiger partial charge in [-0.2, -0.15) is 0 Å². The van der Waals surface area contributed by atoms with Crippen molar-refractivity contribution in [3.8, 4) is 0 Å². The van der Waals surface area contributed by atoms with Gasteiger partial charge in [0.2, 0.25) is 5.90 Å². The van der Waals surface area contributed by atoms with Crippen LogP contribution in [0.2, 0.25) is 0 Å². The van der Waals surface area contributed by atoms with Crippen molar-refractivity contribution in [2.24, 2.45) is 4.99 Å². The molecule has 3 heteroatoms. The molecule has 1 aliphatic heterocycles. The fourth-order valence-electron chi connectivity index (χ4n) is 4.14. The van der Waals surface area contributed by atoms with Gasteiger partial charge >= 0.3 is 0 Å². The number of hydrogen-bond acceptors (Lipinski definition) is 3. The van der Waals surface area contributed by atoms with Gasteiger partial charge in [0.1, 0.15) is 11.7 Å². The molecule has 0 unspecified atom stereocenters. The molecule has 0 N–H and O–H groups in total. The Morgan fingerprint density at radius 3 is 1.80 bits per heavy atom. The number of pyridine rings is 1. The van der Waals surface area contributed by atoms with E-state index in [1.165, 1.54) is 0 Å². The molecule has 146 valence electrons. The highest BCUT2D eigenvalue weighted by atomic mass is 16.5. The second-order valence-corrected chi connectivity index (χ2v) is 7.48. The van der Waals surface area contributed by atoms with Crippen molar-refractivity contribution in [3.05, 3.63) is 137 Å². The van der Waals surface area contributed by atoms with E-state index >= 15 is 0 Å². The molecule has 3 aromatic carbocycles. The monoisotopic (exact) mass is 390 g/mol. The first kappa shape index (κ1) is 18.3. The fourth-order valence-corrected chi connectivity index (χ4v) is 4.14. The zero-order chi connectivity index (χ0) is 20.4. The van der Waals surface area contributed by atoms with Crippen LogP contribution in [0.25, 0.3) is 0 Å². The lowest BCUT2D eigenvalue weighted by Crippen LogP contribution is -2.34. The molecule has 0 saturated carbocycles. The van der Waals surface area contributed by atoms with E-state index in [4.69, 9.17) is 9.73 Å². The largest absolute Gasteiger partial charge is 0.457 e. The molecule has 4 aromatic rings. The number of hydrogen-bond donors (Lipinski definition) is 0. The minimum atomic E-state index is -0.773. The molecule has 30 heavy (non-hydrogen) atoms. The molecule has 0 fully saturated rings. The van der Waals surface area contributed by atoms with Crippen molar-refractivity contribution >= 4 is 5.90 Å². The second kappa shape index (κ2) is 7.60. The van der Waals surface area contributed by atoms with Gasteiger partial charge in [0, 0.05) is 16.8 Å². The predicted octanol–water partition coefficient (Wildman–Crippen LogP) is 5.85. The lowest BCUT2D eigenvalue weighted by atomic mass is 9.78. The molecule has 0 saturated heterocycles. The highest BCUT2D eigenvalue weighted by Crippen LogP contribution is 2.50. The Balaban J connectivity index is 1.76. The molecule has 0 aliphatic carbocycles. The van der Waals surface area contributed by atoms with Crippen LogP contribution < -0.4 is 0 Å². The van der Waals surface area contributed by atoms with Gasteiger partial charge in [0.25, 0.3) is 0 Å². The summed E-state index contributed by atoms with van der Waals surface area (Å²) in [5, 5.41) is 0. The summed E-state index contributed by atoms with van der Waals surface area (Å²) in [7, 11) is 0. The van der Waals surface area contributed by atoms with E-state index < -0.39 is 5.60 Å². The van der Waals surface area contributed by atoms with Crippen LogP contribution in [0.1, 0.15) is 34.1 Å². The Hall–Kier alpha value is -3.72. The van der Waals surface area contributed by atoms with Crippen LogP contribution in [-0.2, 0) is 10.3 Å². The van der Waals surface area contributed by atoms with Crippen LogP contribution in [-0.4, -0.2) is 10.9 Å². The zero-order valence-corrected chi connectivity index (χ0v) is 16.8. The van der Waals surface area contributed by atoms with Crippen LogP contribution in [0, 0.1) is 6.92 Å². The molecular weight excluding hydrogens is 368 g/mol. The molecular formula is C27H22N2O. The summed E-state index contributed by atoms with van der Waals surface area (Å²) in [6.45, 7) is 1.98. The van der Waals surface area contributed by atoms with Gasteiger partial charge in [-0.15, -0.1) is 0 Å². The van der Waals surface area contributed by atoms with Gasteiger partial charge in [0.15, 0.2) is 5.60 Å². The highest BCUT2D eigenvalue weighted by Gasteiger charge is 2.51. The Morgan fingerprint density at radius 1 is 0.667 bits per heavy atom. The molecule has 0 bridgehead atoms. The first-order valence-corrected chi connectivity index (χ1v) is 10.1. The number of nitrogens with zero attached hydrogens (tertiary/aromatic N) is 2. The zero-order valence-electron chi connectivity index (χ0n) is 16.8. The summed E-state index contributed by atoms with van der Waals surface area (Å²) in [6, 6.07) is 36.8. The van der Waals surface area contributed by atoms with E-state index in [0.29, 0.717) is 5.90 Å². The topological polar surface area (TPSA) is 34.5 Å². The summed E-state index contributed by atoms with van der Waals surface area (Å²) in [5.74, 6) is 0.570. The van der Waals surface area contributed by atoms with Crippen LogP contribution in [0.4, 0.5) is 0 Å². The summed E-state index contributed by atoms with van der Waals surface area (Å²) in [4.78, 5) is 9.79. The summed E-state index contributed by atoms with van der Waals surface area (Å²) < 4.78 is 6.82. The number of aliphatic imine (C=N–C) groups is 1. The van der Waals surface area contributed by atoms with Crippen LogP contribution in [0.5, 0.6) is 0 Å². The number of ether oxygens (including phenoxy) is 1. The Kier molecular flexibility index (Phi) is 4.64. The van der Waals surface area contributed by atoms with Gasteiger partial charge in [-0.05, 0) is 24.6 Å². The van der Waals surface area contributed by atoms with Gasteiger partial charge in [-0.25, -0.2) is 9.98 Å². The molecule has 2 heterocycles. The van der Waals surface area contributed by atoms with E-state index in [-0.39, 0.29) is 6.04 Å². The molecule has 1 aromatic heterocycles. The van der Waals surface area contributed by atoms with Crippen molar-refractivity contribution in [1.82, 2.24) is 4.98 Å². The second-order valence-electron chi connectivity index (χ2n) is 7.48. The summed E-state index contributed by atoms with van der Waals surface area (Å²) >= 11 is 0. The van der Waals surface area contributed by atoms with Gasteiger partial charge in [0.05, 0.1) is 0 Å². The van der Waals surface area contributed by atoms with E-state index in [0.717, 1.165) is 28.1 Å². The predicted molar refractivity (Wildman–Crippen MR) is 119 cm³/mol. The highest BCUT2D eigenvalue weighted by molar-refractivity contribution is 5.94. The average molecular weight is 390 g/mol. The van der Waals surface area contributed by atoms with Crippen molar-refractivity contribution < 1.29 is 4.74 Å². The van der Waals surface area contributed by atoms with Crippen molar-refractivity contribution in [3.63, 3.8) is 0 Å². The molecule has 0 amide bonds. The van der Waals surface area contributed by atoms with Crippen LogP contribution in [0.15, 0.2) is 114 Å². The van der Waals surface area contributed by atoms with Crippen molar-refractivity contribution in [2.45, 2.75) is 18.6 Å². The van der Waals surface area contributed by atoms with Crippen molar-refractivity contribution in [2.75, 3.05) is 0 Å². The van der Waals surface area contributed by atoms with E-state index in [1.54, 1.807) is 0 Å². The SMILES string of the molecule is Cc1cccc(C2=N[C@@H](c3ccccc3)C(c3ccccc3)(c3ccccc3)O2)n1. The minimum Gasteiger partial charge on any atom is -0.457 e. The van der Waals surface area contributed by atoms with E-state index in [9.17, 15) is 0 Å². The minimum absolute atomic E-state index is 0.235. The van der Waals surface area contributed by atoms with Crippen LogP contribution in [0.3, 0.4) is 0 Å². The Labute approximate surface area is 176 Å². The Morgan fingerprint density at radius 2 is 1.23 bits per heavy atom. The maximum absolute atomic E-state index is 6.82. The summed E-state index contributed by atoms with van der Waals surface area (Å²) in [5.41, 5.74) is 4.15. The normalized spacial score (nSPS) is 17.2. The lowest BCUT2D eigenvalue weighted by molar-refractivity contribution is 0.0977. The quantitative estimate of drug-likeness (QED) is 0.438. The van der Waals surface area contributed by atoms with Crippen molar-refractivity contribution in [1.29, 1.82) is 0 Å². The standard InChI is InChI=1S/C27H22N2O/c1-20-12-11-19-24(28-20)26-29-25(21-13-5-2-6-14-21)27(30-26,22-15-7-3-8-16-22)23-17-9-4-10-18-23/h2-19,25H,1H3/t25-/m0/s1. The first-order chi connectivity index (χ1) is 14.8. The molecule has 3 nitrogen and oxygen atoms in total. The first-order valence-electron chi connectivity index (χ1n) is 10.1. The number of aryl methyl sites for hydroxylation is 1. The number of benzene rings is 3. The average Bonchev–Trinajstić information content (AvgIpc) is 3.23. The Bertz CT molecular complexity index is 1130. The van der Waals surface area contributed by atoms with E-state index in [1.807, 2.05) is 67.6 Å². The fraction of sp³-hybridized carbons (Fsp3) is 0.111. The van der Waals surface area contributed by atoms with Gasteiger partial charge in [-0.3, -0.25) is 0 Å². The number of aromatic nitrogens is 1. The van der Waals surface area contributed by atoms with Gasteiger partial charge < -0.3 is 4.74 Å².